The lowest BCUT2D eigenvalue weighted by atomic mass is 9.98. The van der Waals surface area contributed by atoms with Gasteiger partial charge in [0.2, 0.25) is 0 Å². The monoisotopic (exact) mass is 351 g/mol. The normalized spacial score (nSPS) is 12.0. The van der Waals surface area contributed by atoms with Crippen LogP contribution in [0.25, 0.3) is 5.82 Å². The summed E-state index contributed by atoms with van der Waals surface area (Å²) < 4.78 is 1.51. The van der Waals surface area contributed by atoms with E-state index in [0.29, 0.717) is 23.0 Å². The van der Waals surface area contributed by atoms with Crippen LogP contribution < -0.4 is 10.9 Å². The number of carbonyl (C=O) groups is 1. The Hall–Kier alpha value is -3.22. The molecule has 0 saturated carbocycles. The molecule has 0 bridgehead atoms. The molecule has 3 rings (SSSR count). The zero-order valence-corrected chi connectivity index (χ0v) is 15.0. The number of amides is 1. The summed E-state index contributed by atoms with van der Waals surface area (Å²) in [6.07, 6.45) is 2.56. The maximum atomic E-state index is 12.6. The highest BCUT2D eigenvalue weighted by atomic mass is 16.1. The number of H-pyrrole nitrogens is 1. The molecule has 0 aliphatic carbocycles. The molecule has 1 aromatic carbocycles. The molecule has 2 aromatic heterocycles. The first-order valence-corrected chi connectivity index (χ1v) is 8.51. The van der Waals surface area contributed by atoms with Crippen LogP contribution >= 0.6 is 0 Å². The second-order valence-corrected chi connectivity index (χ2v) is 6.22. The van der Waals surface area contributed by atoms with Crippen molar-refractivity contribution in [2.75, 3.05) is 5.32 Å². The summed E-state index contributed by atoms with van der Waals surface area (Å²) in [5.74, 6) is 0.693. The number of nitrogens with zero attached hydrogens (tertiary/aromatic N) is 3. The topological polar surface area (TPSA) is 92.7 Å². The lowest BCUT2D eigenvalue weighted by Crippen LogP contribution is -2.14. The predicted octanol–water partition coefficient (Wildman–Crippen LogP) is 3.03. The van der Waals surface area contributed by atoms with Crippen molar-refractivity contribution in [3.63, 3.8) is 0 Å². The Morgan fingerprint density at radius 2 is 1.96 bits per heavy atom. The van der Waals surface area contributed by atoms with E-state index in [1.807, 2.05) is 24.3 Å². The standard InChI is InChI=1S/C19H21N5O2/c1-4-12(2)14-5-7-15(8-6-14)21-19(26)16-11-20-24(13(16)3)17-9-10-18(25)23-22-17/h5-12H,4H2,1-3H3,(H,21,26)(H,23,25)/t12-/m1/s1. The molecule has 1 amide bonds. The number of rotatable bonds is 5. The van der Waals surface area contributed by atoms with Crippen molar-refractivity contribution in [1.29, 1.82) is 0 Å². The fourth-order valence-electron chi connectivity index (χ4n) is 2.65. The van der Waals surface area contributed by atoms with Gasteiger partial charge in [0.05, 0.1) is 17.5 Å². The van der Waals surface area contributed by atoms with E-state index in [1.54, 1.807) is 13.0 Å². The van der Waals surface area contributed by atoms with Gasteiger partial charge in [0.25, 0.3) is 11.5 Å². The first kappa shape index (κ1) is 17.6. The number of benzene rings is 1. The van der Waals surface area contributed by atoms with Crippen molar-refractivity contribution in [3.8, 4) is 5.82 Å². The first-order valence-electron chi connectivity index (χ1n) is 8.51. The number of anilines is 1. The van der Waals surface area contributed by atoms with Gasteiger partial charge in [-0.2, -0.15) is 10.2 Å². The highest BCUT2D eigenvalue weighted by Crippen LogP contribution is 2.21. The van der Waals surface area contributed by atoms with Crippen LogP contribution in [-0.2, 0) is 0 Å². The SMILES string of the molecule is CC[C@@H](C)c1ccc(NC(=O)c2cnn(-c3ccc(=O)[nH]n3)c2C)cc1. The molecular formula is C19H21N5O2. The zero-order valence-electron chi connectivity index (χ0n) is 15.0. The Morgan fingerprint density at radius 3 is 2.58 bits per heavy atom. The molecule has 0 saturated heterocycles. The number of hydrogen-bond acceptors (Lipinski definition) is 4. The summed E-state index contributed by atoms with van der Waals surface area (Å²) in [5.41, 5.74) is 2.77. The van der Waals surface area contributed by atoms with Crippen molar-refractivity contribution in [3.05, 3.63) is 69.8 Å². The average Bonchev–Trinajstić information content (AvgIpc) is 3.04. The molecule has 7 nitrogen and oxygen atoms in total. The van der Waals surface area contributed by atoms with Gasteiger partial charge in [-0.15, -0.1) is 0 Å². The van der Waals surface area contributed by atoms with Crippen LogP contribution in [0, 0.1) is 6.92 Å². The Bertz CT molecular complexity index is 952. The third-order valence-corrected chi connectivity index (χ3v) is 4.49. The third-order valence-electron chi connectivity index (χ3n) is 4.49. The minimum atomic E-state index is -0.294. The smallest absolute Gasteiger partial charge is 0.264 e. The number of carbonyl (C=O) groups excluding carboxylic acids is 1. The molecule has 3 aromatic rings. The second kappa shape index (κ2) is 7.35. The highest BCUT2D eigenvalue weighted by Gasteiger charge is 2.16. The molecule has 2 heterocycles. The molecule has 0 aliphatic rings. The van der Waals surface area contributed by atoms with E-state index in [-0.39, 0.29) is 11.5 Å². The molecule has 0 radical (unpaired) electrons. The fraction of sp³-hybridized carbons (Fsp3) is 0.263. The van der Waals surface area contributed by atoms with E-state index in [0.717, 1.165) is 12.1 Å². The summed E-state index contributed by atoms with van der Waals surface area (Å²) in [5, 5.41) is 13.4. The van der Waals surface area contributed by atoms with Gasteiger partial charge in [-0.3, -0.25) is 9.59 Å². The van der Waals surface area contributed by atoms with Gasteiger partial charge in [-0.25, -0.2) is 9.78 Å². The van der Waals surface area contributed by atoms with Gasteiger partial charge in [0, 0.05) is 11.8 Å². The van der Waals surface area contributed by atoms with Crippen LogP contribution in [0.5, 0.6) is 0 Å². The molecule has 26 heavy (non-hydrogen) atoms. The van der Waals surface area contributed by atoms with Crippen LogP contribution in [0.4, 0.5) is 5.69 Å². The van der Waals surface area contributed by atoms with E-state index >= 15 is 0 Å². The van der Waals surface area contributed by atoms with E-state index in [9.17, 15) is 9.59 Å². The maximum absolute atomic E-state index is 12.6. The van der Waals surface area contributed by atoms with Crippen molar-refractivity contribution in [1.82, 2.24) is 20.0 Å². The third kappa shape index (κ3) is 3.56. The van der Waals surface area contributed by atoms with Gasteiger partial charge < -0.3 is 5.32 Å². The summed E-state index contributed by atoms with van der Waals surface area (Å²) in [7, 11) is 0. The van der Waals surface area contributed by atoms with Crippen LogP contribution in [0.15, 0.2) is 47.4 Å². The van der Waals surface area contributed by atoms with Crippen molar-refractivity contribution in [2.24, 2.45) is 0 Å². The van der Waals surface area contributed by atoms with E-state index in [2.05, 4.69) is 34.5 Å². The minimum Gasteiger partial charge on any atom is -0.322 e. The Labute approximate surface area is 151 Å². The summed E-state index contributed by atoms with van der Waals surface area (Å²) >= 11 is 0. The van der Waals surface area contributed by atoms with Crippen LogP contribution in [0.1, 0.15) is 47.8 Å². The van der Waals surface area contributed by atoms with Gasteiger partial charge >= 0.3 is 0 Å². The van der Waals surface area contributed by atoms with Crippen LogP contribution in [0.3, 0.4) is 0 Å². The molecule has 0 spiro atoms. The zero-order chi connectivity index (χ0) is 18.7. The Balaban J connectivity index is 1.78. The molecular weight excluding hydrogens is 330 g/mol. The molecule has 0 unspecified atom stereocenters. The number of nitrogens with one attached hydrogen (secondary N) is 2. The molecule has 0 aliphatic heterocycles. The lowest BCUT2D eigenvalue weighted by molar-refractivity contribution is 0.102. The number of aromatic nitrogens is 4. The van der Waals surface area contributed by atoms with Gasteiger partial charge in [0.1, 0.15) is 0 Å². The summed E-state index contributed by atoms with van der Waals surface area (Å²) in [4.78, 5) is 23.7. The van der Waals surface area contributed by atoms with Gasteiger partial charge in [0.15, 0.2) is 5.82 Å². The average molecular weight is 351 g/mol. The van der Waals surface area contributed by atoms with E-state index in [1.165, 1.54) is 22.5 Å². The van der Waals surface area contributed by atoms with Crippen molar-refractivity contribution < 1.29 is 4.79 Å². The molecule has 134 valence electrons. The lowest BCUT2D eigenvalue weighted by Gasteiger charge is -2.10. The summed E-state index contributed by atoms with van der Waals surface area (Å²) in [6, 6.07) is 10.8. The van der Waals surface area contributed by atoms with Crippen molar-refractivity contribution >= 4 is 11.6 Å². The molecule has 0 fully saturated rings. The summed E-state index contributed by atoms with van der Waals surface area (Å²) in [6.45, 7) is 6.11. The highest BCUT2D eigenvalue weighted by molar-refractivity contribution is 6.04. The Morgan fingerprint density at radius 1 is 1.23 bits per heavy atom. The molecule has 1 atom stereocenters. The van der Waals surface area contributed by atoms with E-state index in [4.69, 9.17) is 0 Å². The number of hydrogen-bond donors (Lipinski definition) is 2. The molecule has 7 heteroatoms. The second-order valence-electron chi connectivity index (χ2n) is 6.22. The van der Waals surface area contributed by atoms with E-state index < -0.39 is 0 Å². The maximum Gasteiger partial charge on any atom is 0.264 e. The Kier molecular flexibility index (Phi) is 4.97. The van der Waals surface area contributed by atoms with Gasteiger partial charge in [-0.05, 0) is 43.0 Å². The predicted molar refractivity (Wildman–Crippen MR) is 99.8 cm³/mol. The first-order chi connectivity index (χ1) is 12.5. The quantitative estimate of drug-likeness (QED) is 0.739. The van der Waals surface area contributed by atoms with Gasteiger partial charge in [-0.1, -0.05) is 26.0 Å². The number of aromatic amines is 1. The molecule has 2 N–H and O–H groups in total. The van der Waals surface area contributed by atoms with Crippen LogP contribution in [-0.4, -0.2) is 25.9 Å². The largest absolute Gasteiger partial charge is 0.322 e. The van der Waals surface area contributed by atoms with Crippen LogP contribution in [0.2, 0.25) is 0 Å². The van der Waals surface area contributed by atoms with Crippen molar-refractivity contribution in [2.45, 2.75) is 33.1 Å². The fourth-order valence-corrected chi connectivity index (χ4v) is 2.65. The minimum absolute atomic E-state index is 0.241.